The van der Waals surface area contributed by atoms with E-state index in [0.29, 0.717) is 17.9 Å². The Morgan fingerprint density at radius 1 is 0.750 bits per heavy atom. The van der Waals surface area contributed by atoms with E-state index < -0.39 is 0 Å². The average Bonchev–Trinajstić information content (AvgIpc) is 3.82. The molecule has 4 atom stereocenters. The second-order valence-corrected chi connectivity index (χ2v) is 15.3. The first kappa shape index (κ1) is 32.9. The predicted octanol–water partition coefficient (Wildman–Crippen LogP) is 13.2. The van der Waals surface area contributed by atoms with Crippen LogP contribution in [0.4, 0.5) is 5.69 Å². The number of benzene rings is 4. The topological polar surface area (TPSA) is 13.1 Å². The van der Waals surface area contributed by atoms with E-state index in [-0.39, 0.29) is 0 Å². The molecule has 0 saturated heterocycles. The van der Waals surface area contributed by atoms with E-state index in [1.54, 1.807) is 0 Å². The lowest BCUT2D eigenvalue weighted by Crippen LogP contribution is -2.32. The lowest BCUT2D eigenvalue weighted by atomic mass is 9.87. The Bertz CT molecular complexity index is 2390. The molecule has 3 unspecified atom stereocenters. The Hall–Kier alpha value is -5.02. The molecule has 1 aliphatic heterocycles. The average molecular weight is 682 g/mol. The normalized spacial score (nSPS) is 19.6. The number of aromatic nitrogens is 2. The lowest BCUT2D eigenvalue weighted by Gasteiger charge is -2.31. The van der Waals surface area contributed by atoms with Crippen molar-refractivity contribution in [1.82, 2.24) is 9.13 Å². The third-order valence-electron chi connectivity index (χ3n) is 12.4. The van der Waals surface area contributed by atoms with Crippen molar-refractivity contribution in [3.63, 3.8) is 0 Å². The van der Waals surface area contributed by atoms with Crippen LogP contribution in [0.15, 0.2) is 145 Å². The summed E-state index contributed by atoms with van der Waals surface area (Å²) < 4.78 is 5.08. The van der Waals surface area contributed by atoms with Gasteiger partial charge in [-0.3, -0.25) is 0 Å². The molecule has 0 radical (unpaired) electrons. The SMILES string of the molecule is C/C=C\C(CC)[C@H](C)CCCCCn1c2ccc(N3C4=C(C=CCC4)C4C=CC=CC43)cc2c2cc(-n3c4ccccc4c4ccccc43)ccc21. The molecule has 4 aromatic carbocycles. The number of rotatable bonds is 11. The smallest absolute Gasteiger partial charge is 0.0626 e. The fourth-order valence-corrected chi connectivity index (χ4v) is 9.78. The maximum absolute atomic E-state index is 2.65. The van der Waals surface area contributed by atoms with Crippen molar-refractivity contribution in [2.75, 3.05) is 4.90 Å². The van der Waals surface area contributed by atoms with Crippen molar-refractivity contribution in [2.24, 2.45) is 17.8 Å². The molecule has 0 saturated carbocycles. The minimum Gasteiger partial charge on any atom is -0.340 e. The van der Waals surface area contributed by atoms with Crippen LogP contribution in [-0.2, 0) is 6.54 Å². The van der Waals surface area contributed by atoms with Crippen LogP contribution in [-0.4, -0.2) is 15.2 Å². The Morgan fingerprint density at radius 3 is 2.17 bits per heavy atom. The van der Waals surface area contributed by atoms with Crippen LogP contribution in [0.2, 0.25) is 0 Å². The number of hydrogen-bond donors (Lipinski definition) is 0. The summed E-state index contributed by atoms with van der Waals surface area (Å²) in [5.74, 6) is 1.86. The first-order valence-corrected chi connectivity index (χ1v) is 19.9. The maximum atomic E-state index is 2.65. The van der Waals surface area contributed by atoms with Crippen molar-refractivity contribution in [3.05, 3.63) is 145 Å². The van der Waals surface area contributed by atoms with E-state index in [1.165, 1.54) is 98.4 Å². The van der Waals surface area contributed by atoms with Gasteiger partial charge in [0.05, 0.1) is 17.1 Å². The van der Waals surface area contributed by atoms with Gasteiger partial charge in [-0.2, -0.15) is 0 Å². The highest BCUT2D eigenvalue weighted by atomic mass is 15.2. The van der Waals surface area contributed by atoms with E-state index in [4.69, 9.17) is 0 Å². The number of aryl methyl sites for hydroxylation is 1. The maximum Gasteiger partial charge on any atom is 0.0626 e. The molecule has 3 aliphatic rings. The van der Waals surface area contributed by atoms with Crippen LogP contribution in [0.25, 0.3) is 49.3 Å². The Kier molecular flexibility index (Phi) is 8.75. The summed E-state index contributed by atoms with van der Waals surface area (Å²) in [4.78, 5) is 2.65. The number of fused-ring (bicyclic) bond motifs is 8. The summed E-state index contributed by atoms with van der Waals surface area (Å²) in [6.07, 6.45) is 27.2. The first-order valence-electron chi connectivity index (χ1n) is 19.9. The Balaban J connectivity index is 1.13. The molecule has 0 bridgehead atoms. The van der Waals surface area contributed by atoms with E-state index in [1.807, 2.05) is 0 Å². The first-order chi connectivity index (χ1) is 25.7. The van der Waals surface area contributed by atoms with E-state index in [9.17, 15) is 0 Å². The molecule has 3 heteroatoms. The number of unbranched alkanes of at least 4 members (excludes halogenated alkanes) is 2. The van der Waals surface area contributed by atoms with Crippen LogP contribution in [0, 0.1) is 17.8 Å². The van der Waals surface area contributed by atoms with Crippen LogP contribution in [0.3, 0.4) is 0 Å². The molecule has 0 fully saturated rings. The zero-order valence-corrected chi connectivity index (χ0v) is 31.0. The largest absolute Gasteiger partial charge is 0.340 e. The molecule has 2 aliphatic carbocycles. The number of anilines is 1. The van der Waals surface area contributed by atoms with Gasteiger partial charge in [-0.25, -0.2) is 0 Å². The highest BCUT2D eigenvalue weighted by molar-refractivity contribution is 6.12. The van der Waals surface area contributed by atoms with Crippen molar-refractivity contribution >= 4 is 49.3 Å². The standard InChI is InChI=1S/C49H51N3/c1-4-17-35(5-2)34(3)18-7-6-16-31-50-44-29-27-36(51-46-23-12-8-19-38(46)39-20-9-13-24-47(39)51)32-42(44)43-33-37(28-30-45(43)50)52-48-25-14-10-21-40(48)41-22-11-15-26-49(41)52/h4,8-14,17,19-25,27-30,32-35,40,48H,5-7,15-16,18,26,31H2,1-3H3/b17-4-/t34-,35?,40?,48?/m1/s1. The van der Waals surface area contributed by atoms with Crippen molar-refractivity contribution in [3.8, 4) is 5.69 Å². The van der Waals surface area contributed by atoms with Gasteiger partial charge >= 0.3 is 0 Å². The molecular weight excluding hydrogens is 631 g/mol. The number of para-hydroxylation sites is 2. The van der Waals surface area contributed by atoms with E-state index in [0.717, 1.165) is 25.3 Å². The zero-order chi connectivity index (χ0) is 35.2. The molecule has 262 valence electrons. The minimum atomic E-state index is 0.333. The number of hydrogen-bond acceptors (Lipinski definition) is 1. The van der Waals surface area contributed by atoms with Gasteiger partial charge in [0.1, 0.15) is 0 Å². The fraction of sp³-hybridized carbons (Fsp3) is 0.306. The third-order valence-corrected chi connectivity index (χ3v) is 12.4. The molecule has 2 aromatic heterocycles. The van der Waals surface area contributed by atoms with Crippen molar-refractivity contribution < 1.29 is 0 Å². The van der Waals surface area contributed by atoms with Gasteiger partial charge in [-0.1, -0.05) is 118 Å². The van der Waals surface area contributed by atoms with Gasteiger partial charge < -0.3 is 14.0 Å². The van der Waals surface area contributed by atoms with Crippen LogP contribution < -0.4 is 4.90 Å². The minimum absolute atomic E-state index is 0.333. The summed E-state index contributed by atoms with van der Waals surface area (Å²) in [5, 5.41) is 5.30. The van der Waals surface area contributed by atoms with Gasteiger partial charge in [-0.15, -0.1) is 0 Å². The van der Waals surface area contributed by atoms with Crippen molar-refractivity contribution in [2.45, 2.75) is 78.3 Å². The molecule has 3 nitrogen and oxygen atoms in total. The summed E-state index contributed by atoms with van der Waals surface area (Å²) in [6, 6.07) is 32.6. The summed E-state index contributed by atoms with van der Waals surface area (Å²) in [7, 11) is 0. The second kappa shape index (κ2) is 13.8. The quantitative estimate of drug-likeness (QED) is 0.0980. The van der Waals surface area contributed by atoms with E-state index >= 15 is 0 Å². The molecule has 9 rings (SSSR count). The summed E-state index contributed by atoms with van der Waals surface area (Å²) in [6.45, 7) is 7.97. The molecule has 3 heterocycles. The monoisotopic (exact) mass is 681 g/mol. The molecular formula is C49H51N3. The summed E-state index contributed by atoms with van der Waals surface area (Å²) >= 11 is 0. The van der Waals surface area contributed by atoms with Crippen LogP contribution in [0.5, 0.6) is 0 Å². The van der Waals surface area contributed by atoms with E-state index in [2.05, 4.69) is 168 Å². The Morgan fingerprint density at radius 2 is 1.44 bits per heavy atom. The molecule has 52 heavy (non-hydrogen) atoms. The van der Waals surface area contributed by atoms with Gasteiger partial charge in [0, 0.05) is 62.1 Å². The van der Waals surface area contributed by atoms with Crippen molar-refractivity contribution in [1.29, 1.82) is 0 Å². The molecule has 6 aromatic rings. The highest BCUT2D eigenvalue weighted by Gasteiger charge is 2.39. The van der Waals surface area contributed by atoms with Crippen LogP contribution in [0.1, 0.15) is 65.7 Å². The molecule has 0 spiro atoms. The third kappa shape index (κ3) is 5.48. The molecule has 0 amide bonds. The summed E-state index contributed by atoms with van der Waals surface area (Å²) in [5.41, 5.74) is 10.7. The zero-order valence-electron chi connectivity index (χ0n) is 31.0. The van der Waals surface area contributed by atoms with Gasteiger partial charge in [0.25, 0.3) is 0 Å². The fourth-order valence-electron chi connectivity index (χ4n) is 9.78. The Labute approximate surface area is 308 Å². The number of allylic oxidation sites excluding steroid dienone is 7. The highest BCUT2D eigenvalue weighted by Crippen LogP contribution is 2.46. The van der Waals surface area contributed by atoms with Crippen LogP contribution >= 0.6 is 0 Å². The number of nitrogens with zero attached hydrogens (tertiary/aromatic N) is 3. The van der Waals surface area contributed by atoms with Gasteiger partial charge in [0.15, 0.2) is 0 Å². The van der Waals surface area contributed by atoms with Gasteiger partial charge in [0.2, 0.25) is 0 Å². The second-order valence-electron chi connectivity index (χ2n) is 15.3. The predicted molar refractivity (Wildman–Crippen MR) is 223 cm³/mol. The molecule has 0 N–H and O–H groups in total. The lowest BCUT2D eigenvalue weighted by molar-refractivity contribution is 0.374. The van der Waals surface area contributed by atoms with Gasteiger partial charge in [-0.05, 0) is 98.5 Å².